The van der Waals surface area contributed by atoms with E-state index in [4.69, 9.17) is 4.74 Å². The Hall–Kier alpha value is -0.120. The van der Waals surface area contributed by atoms with Gasteiger partial charge in [-0.1, -0.05) is 0 Å². The van der Waals surface area contributed by atoms with Crippen molar-refractivity contribution in [2.24, 2.45) is 5.92 Å². The van der Waals surface area contributed by atoms with Crippen LogP contribution in [-0.2, 0) is 4.74 Å². The highest BCUT2D eigenvalue weighted by molar-refractivity contribution is 4.70. The minimum atomic E-state index is 0.757. The zero-order chi connectivity index (χ0) is 10.4. The van der Waals surface area contributed by atoms with Crippen LogP contribution in [0.25, 0.3) is 0 Å². The molecule has 3 heteroatoms. The maximum absolute atomic E-state index is 5.08. The Balaban J connectivity index is 2.06. The van der Waals surface area contributed by atoms with Crippen molar-refractivity contribution in [3.63, 3.8) is 0 Å². The van der Waals surface area contributed by atoms with Crippen LogP contribution >= 0.6 is 0 Å². The summed E-state index contributed by atoms with van der Waals surface area (Å²) in [6, 6.07) is 0. The van der Waals surface area contributed by atoms with E-state index < -0.39 is 0 Å². The van der Waals surface area contributed by atoms with Gasteiger partial charge in [0.1, 0.15) is 0 Å². The Kier molecular flexibility index (Phi) is 5.45. The quantitative estimate of drug-likeness (QED) is 0.621. The highest BCUT2D eigenvalue weighted by Crippen LogP contribution is 2.19. The summed E-state index contributed by atoms with van der Waals surface area (Å²) in [7, 11) is 6.10. The second kappa shape index (κ2) is 6.38. The number of hydrogen-bond donors (Lipinski definition) is 0. The van der Waals surface area contributed by atoms with Crippen LogP contribution in [0.1, 0.15) is 19.3 Å². The van der Waals surface area contributed by atoms with Gasteiger partial charge in [0.15, 0.2) is 0 Å². The van der Waals surface area contributed by atoms with Crippen molar-refractivity contribution in [2.75, 3.05) is 47.6 Å². The average Bonchev–Trinajstić information content (AvgIpc) is 2.17. The SMILES string of the molecule is COCN(C)CCC1CCN(C)CC1. The molecule has 0 aromatic carbocycles. The lowest BCUT2D eigenvalue weighted by Gasteiger charge is -2.29. The van der Waals surface area contributed by atoms with Crippen molar-refractivity contribution < 1.29 is 4.74 Å². The van der Waals surface area contributed by atoms with Gasteiger partial charge < -0.3 is 9.64 Å². The van der Waals surface area contributed by atoms with Crippen molar-refractivity contribution >= 4 is 0 Å². The molecule has 0 atom stereocenters. The van der Waals surface area contributed by atoms with E-state index in [1.807, 2.05) is 0 Å². The molecular weight excluding hydrogens is 176 g/mol. The molecule has 1 fully saturated rings. The monoisotopic (exact) mass is 200 g/mol. The first kappa shape index (κ1) is 12.0. The van der Waals surface area contributed by atoms with Crippen LogP contribution in [0.4, 0.5) is 0 Å². The summed E-state index contributed by atoms with van der Waals surface area (Å²) in [5, 5.41) is 0. The third-order valence-electron chi connectivity index (χ3n) is 3.11. The predicted octanol–water partition coefficient (Wildman–Crippen LogP) is 1.25. The molecule has 0 spiro atoms. The van der Waals surface area contributed by atoms with Gasteiger partial charge in [0.2, 0.25) is 0 Å². The van der Waals surface area contributed by atoms with E-state index in [1.54, 1.807) is 7.11 Å². The van der Waals surface area contributed by atoms with Gasteiger partial charge in [-0.25, -0.2) is 0 Å². The molecule has 0 unspecified atom stereocenters. The minimum absolute atomic E-state index is 0.757. The van der Waals surface area contributed by atoms with Crippen LogP contribution < -0.4 is 0 Å². The first-order chi connectivity index (χ1) is 6.72. The normalized spacial score (nSPS) is 20.6. The molecule has 0 amide bonds. The molecule has 1 rings (SSSR count). The van der Waals surface area contributed by atoms with Crippen molar-refractivity contribution in [1.82, 2.24) is 9.80 Å². The van der Waals surface area contributed by atoms with Crippen molar-refractivity contribution in [3.05, 3.63) is 0 Å². The molecule has 1 saturated heterocycles. The predicted molar refractivity (Wildman–Crippen MR) is 59.3 cm³/mol. The minimum Gasteiger partial charge on any atom is -0.369 e. The summed E-state index contributed by atoms with van der Waals surface area (Å²) in [6.07, 6.45) is 4.07. The van der Waals surface area contributed by atoms with Crippen molar-refractivity contribution in [3.8, 4) is 0 Å². The second-order valence-electron chi connectivity index (χ2n) is 4.53. The number of likely N-dealkylation sites (tertiary alicyclic amines) is 1. The topological polar surface area (TPSA) is 15.7 Å². The third-order valence-corrected chi connectivity index (χ3v) is 3.11. The molecule has 1 aliphatic heterocycles. The molecule has 0 N–H and O–H groups in total. The summed E-state index contributed by atoms with van der Waals surface area (Å²) in [4.78, 5) is 4.67. The lowest BCUT2D eigenvalue weighted by molar-refractivity contribution is 0.0746. The molecule has 0 aromatic heterocycles. The van der Waals surface area contributed by atoms with Gasteiger partial charge in [0.05, 0.1) is 6.73 Å². The molecule has 0 aliphatic carbocycles. The van der Waals surface area contributed by atoms with E-state index in [1.165, 1.54) is 38.9 Å². The van der Waals surface area contributed by atoms with E-state index >= 15 is 0 Å². The van der Waals surface area contributed by atoms with Gasteiger partial charge >= 0.3 is 0 Å². The number of ether oxygens (including phenoxy) is 1. The molecule has 14 heavy (non-hydrogen) atoms. The van der Waals surface area contributed by atoms with Crippen molar-refractivity contribution in [2.45, 2.75) is 19.3 Å². The Morgan fingerprint density at radius 3 is 2.57 bits per heavy atom. The largest absolute Gasteiger partial charge is 0.369 e. The Morgan fingerprint density at radius 2 is 2.00 bits per heavy atom. The van der Waals surface area contributed by atoms with E-state index in [0.717, 1.165) is 12.6 Å². The number of nitrogens with zero attached hydrogens (tertiary/aromatic N) is 2. The van der Waals surface area contributed by atoms with Gasteiger partial charge in [-0.2, -0.15) is 0 Å². The van der Waals surface area contributed by atoms with Crippen LogP contribution in [0.3, 0.4) is 0 Å². The van der Waals surface area contributed by atoms with Gasteiger partial charge in [0, 0.05) is 13.7 Å². The number of hydrogen-bond acceptors (Lipinski definition) is 3. The third kappa shape index (κ3) is 4.40. The Labute approximate surface area is 88.0 Å². The zero-order valence-corrected chi connectivity index (χ0v) is 9.83. The molecule has 0 bridgehead atoms. The number of piperidine rings is 1. The number of rotatable bonds is 5. The molecule has 0 saturated carbocycles. The van der Waals surface area contributed by atoms with E-state index in [2.05, 4.69) is 23.9 Å². The summed E-state index contributed by atoms with van der Waals surface area (Å²) in [5.41, 5.74) is 0. The van der Waals surface area contributed by atoms with Crippen LogP contribution in [0.2, 0.25) is 0 Å². The standard InChI is InChI=1S/C11H24N2O/c1-12-7-4-11(5-8-12)6-9-13(2)10-14-3/h11H,4-10H2,1-3H3. The maximum Gasteiger partial charge on any atom is 0.0983 e. The highest BCUT2D eigenvalue weighted by atomic mass is 16.5. The molecule has 1 heterocycles. The molecule has 84 valence electrons. The van der Waals surface area contributed by atoms with Gasteiger partial charge in [-0.3, -0.25) is 4.90 Å². The lowest BCUT2D eigenvalue weighted by Crippen LogP contribution is -2.32. The fourth-order valence-electron chi connectivity index (χ4n) is 2.04. The summed E-state index contributed by atoms with van der Waals surface area (Å²) in [5.74, 6) is 0.936. The zero-order valence-electron chi connectivity index (χ0n) is 9.83. The summed E-state index contributed by atoms with van der Waals surface area (Å²) < 4.78 is 5.08. The average molecular weight is 200 g/mol. The van der Waals surface area contributed by atoms with Crippen molar-refractivity contribution in [1.29, 1.82) is 0 Å². The molecule has 3 nitrogen and oxygen atoms in total. The Bertz CT molecular complexity index is 144. The van der Waals surface area contributed by atoms with Crippen LogP contribution in [0.15, 0.2) is 0 Å². The second-order valence-corrected chi connectivity index (χ2v) is 4.53. The van der Waals surface area contributed by atoms with Gasteiger partial charge in [-0.15, -0.1) is 0 Å². The first-order valence-electron chi connectivity index (χ1n) is 5.58. The molecule has 1 aliphatic rings. The van der Waals surface area contributed by atoms with Crippen LogP contribution in [0, 0.1) is 5.92 Å². The molecule has 0 aromatic rings. The van der Waals surface area contributed by atoms with Gasteiger partial charge in [-0.05, 0) is 52.4 Å². The smallest absolute Gasteiger partial charge is 0.0983 e. The molecule has 0 radical (unpaired) electrons. The maximum atomic E-state index is 5.08. The van der Waals surface area contributed by atoms with E-state index in [-0.39, 0.29) is 0 Å². The van der Waals surface area contributed by atoms with E-state index in [9.17, 15) is 0 Å². The van der Waals surface area contributed by atoms with Gasteiger partial charge in [0.25, 0.3) is 0 Å². The summed E-state index contributed by atoms with van der Waals surface area (Å²) >= 11 is 0. The molecular formula is C11H24N2O. The number of methoxy groups -OCH3 is 1. The van der Waals surface area contributed by atoms with Crippen LogP contribution in [-0.4, -0.2) is 57.4 Å². The van der Waals surface area contributed by atoms with Crippen LogP contribution in [0.5, 0.6) is 0 Å². The fraction of sp³-hybridized carbons (Fsp3) is 1.00. The highest BCUT2D eigenvalue weighted by Gasteiger charge is 2.16. The van der Waals surface area contributed by atoms with E-state index in [0.29, 0.717) is 0 Å². The summed E-state index contributed by atoms with van der Waals surface area (Å²) in [6.45, 7) is 4.48. The fourth-order valence-corrected chi connectivity index (χ4v) is 2.04. The Morgan fingerprint density at radius 1 is 1.36 bits per heavy atom. The lowest BCUT2D eigenvalue weighted by atomic mass is 9.94. The first-order valence-corrected chi connectivity index (χ1v) is 5.58.